The van der Waals surface area contributed by atoms with Gasteiger partial charge < -0.3 is 10.3 Å². The summed E-state index contributed by atoms with van der Waals surface area (Å²) in [6, 6.07) is -0.107. The van der Waals surface area contributed by atoms with Crippen molar-refractivity contribution >= 4 is 11.3 Å². The Labute approximate surface area is 90.3 Å². The van der Waals surface area contributed by atoms with Crippen LogP contribution in [0.15, 0.2) is 15.4 Å². The fraction of sp³-hybridized carbons (Fsp3) is 0.444. The maximum absolute atomic E-state index is 5.95. The average molecular weight is 222 g/mol. The van der Waals surface area contributed by atoms with Crippen molar-refractivity contribution < 1.29 is 4.52 Å². The van der Waals surface area contributed by atoms with E-state index in [1.54, 1.807) is 5.51 Å². The number of thiazole rings is 1. The molecule has 5 nitrogen and oxygen atoms in total. The molecule has 6 heteroatoms. The molecule has 1 unspecified atom stereocenters. The number of hydrogen-bond acceptors (Lipinski definition) is 6. The highest BCUT2D eigenvalue weighted by Gasteiger charge is 2.33. The van der Waals surface area contributed by atoms with Gasteiger partial charge in [0.25, 0.3) is 0 Å². The van der Waals surface area contributed by atoms with Gasteiger partial charge in [0.2, 0.25) is 11.7 Å². The van der Waals surface area contributed by atoms with Crippen LogP contribution in [0, 0.1) is 5.92 Å². The predicted molar refractivity (Wildman–Crippen MR) is 55.1 cm³/mol. The second-order valence-corrected chi connectivity index (χ2v) is 4.41. The highest BCUT2D eigenvalue weighted by molar-refractivity contribution is 7.07. The smallest absolute Gasteiger partial charge is 0.244 e. The lowest BCUT2D eigenvalue weighted by Crippen LogP contribution is -2.12. The van der Waals surface area contributed by atoms with Gasteiger partial charge in [-0.2, -0.15) is 4.98 Å². The van der Waals surface area contributed by atoms with Gasteiger partial charge in [-0.25, -0.2) is 4.98 Å². The minimum absolute atomic E-state index is 0.107. The molecule has 0 aliphatic heterocycles. The molecule has 1 aliphatic carbocycles. The van der Waals surface area contributed by atoms with E-state index >= 15 is 0 Å². The molecule has 3 rings (SSSR count). The third-order valence-electron chi connectivity index (χ3n) is 2.52. The molecular weight excluding hydrogens is 212 g/mol. The molecule has 78 valence electrons. The molecule has 0 spiro atoms. The van der Waals surface area contributed by atoms with Crippen molar-refractivity contribution in [1.29, 1.82) is 0 Å². The molecule has 0 radical (unpaired) electrons. The van der Waals surface area contributed by atoms with Crippen molar-refractivity contribution in [2.75, 3.05) is 0 Å². The monoisotopic (exact) mass is 222 g/mol. The second-order valence-electron chi connectivity index (χ2n) is 3.69. The quantitative estimate of drug-likeness (QED) is 0.853. The molecule has 1 saturated carbocycles. The molecule has 1 atom stereocenters. The number of rotatable bonds is 3. The van der Waals surface area contributed by atoms with Crippen molar-refractivity contribution in [1.82, 2.24) is 15.1 Å². The molecule has 15 heavy (non-hydrogen) atoms. The minimum Gasteiger partial charge on any atom is -0.337 e. The number of nitrogens with zero attached hydrogens (tertiary/aromatic N) is 3. The first-order chi connectivity index (χ1) is 7.34. The first kappa shape index (κ1) is 8.99. The molecule has 2 aromatic heterocycles. The lowest BCUT2D eigenvalue weighted by Gasteiger charge is -2.01. The van der Waals surface area contributed by atoms with Crippen LogP contribution in [-0.4, -0.2) is 15.1 Å². The van der Waals surface area contributed by atoms with Crippen LogP contribution in [0.2, 0.25) is 0 Å². The first-order valence-electron chi connectivity index (χ1n) is 4.82. The summed E-state index contributed by atoms with van der Waals surface area (Å²) in [6.07, 6.45) is 2.32. The van der Waals surface area contributed by atoms with Gasteiger partial charge in [0, 0.05) is 5.38 Å². The average Bonchev–Trinajstić information content (AvgIpc) is 2.80. The second kappa shape index (κ2) is 3.39. The molecule has 0 aromatic carbocycles. The van der Waals surface area contributed by atoms with E-state index < -0.39 is 0 Å². The Morgan fingerprint density at radius 1 is 1.53 bits per heavy atom. The predicted octanol–water partition coefficient (Wildman–Crippen LogP) is 1.60. The highest BCUT2D eigenvalue weighted by atomic mass is 32.1. The van der Waals surface area contributed by atoms with E-state index in [4.69, 9.17) is 10.3 Å². The summed E-state index contributed by atoms with van der Waals surface area (Å²) in [7, 11) is 0. The zero-order valence-electron chi connectivity index (χ0n) is 7.96. The number of nitrogens with two attached hydrogens (primary N) is 1. The largest absolute Gasteiger partial charge is 0.337 e. The summed E-state index contributed by atoms with van der Waals surface area (Å²) in [4.78, 5) is 8.37. The summed E-state index contributed by atoms with van der Waals surface area (Å²) in [5.74, 6) is 1.58. The minimum atomic E-state index is -0.107. The van der Waals surface area contributed by atoms with E-state index in [9.17, 15) is 0 Å². The zero-order valence-corrected chi connectivity index (χ0v) is 8.78. The third kappa shape index (κ3) is 1.66. The van der Waals surface area contributed by atoms with Gasteiger partial charge in [-0.1, -0.05) is 5.16 Å². The van der Waals surface area contributed by atoms with E-state index in [-0.39, 0.29) is 6.04 Å². The van der Waals surface area contributed by atoms with Crippen LogP contribution >= 0.6 is 11.3 Å². The molecule has 0 bridgehead atoms. The van der Waals surface area contributed by atoms with Crippen LogP contribution in [0.25, 0.3) is 11.5 Å². The van der Waals surface area contributed by atoms with Crippen molar-refractivity contribution in [3.63, 3.8) is 0 Å². The fourth-order valence-corrected chi connectivity index (χ4v) is 1.99. The first-order valence-corrected chi connectivity index (χ1v) is 5.76. The standard InChI is InChI=1S/C9H10N4OS/c10-7(5-1-2-5)9-12-8(13-14-9)6-3-15-4-11-6/h3-5,7H,1-2,10H2. The Balaban J connectivity index is 1.87. The Morgan fingerprint density at radius 3 is 3.07 bits per heavy atom. The van der Waals surface area contributed by atoms with Gasteiger partial charge in [-0.15, -0.1) is 11.3 Å². The Bertz CT molecular complexity index is 448. The molecule has 0 saturated heterocycles. The van der Waals surface area contributed by atoms with E-state index in [1.807, 2.05) is 5.38 Å². The number of hydrogen-bond donors (Lipinski definition) is 1. The number of aromatic nitrogens is 3. The summed E-state index contributed by atoms with van der Waals surface area (Å²) < 4.78 is 5.13. The van der Waals surface area contributed by atoms with Crippen molar-refractivity contribution in [3.8, 4) is 11.5 Å². The summed E-state index contributed by atoms with van der Waals surface area (Å²) in [5.41, 5.74) is 8.44. The molecular formula is C9H10N4OS. The zero-order chi connectivity index (χ0) is 10.3. The molecule has 2 aromatic rings. The fourth-order valence-electron chi connectivity index (χ4n) is 1.45. The summed E-state index contributed by atoms with van der Waals surface area (Å²) >= 11 is 1.51. The summed E-state index contributed by atoms with van der Waals surface area (Å²) in [6.45, 7) is 0. The van der Waals surface area contributed by atoms with Crippen LogP contribution in [0.4, 0.5) is 0 Å². The lowest BCUT2D eigenvalue weighted by atomic mass is 10.2. The van der Waals surface area contributed by atoms with Crippen molar-refractivity contribution in [2.24, 2.45) is 11.7 Å². The molecule has 1 aliphatic rings. The maximum atomic E-state index is 5.95. The molecule has 0 amide bonds. The molecule has 2 N–H and O–H groups in total. The maximum Gasteiger partial charge on any atom is 0.244 e. The van der Waals surface area contributed by atoms with Gasteiger partial charge in [0.05, 0.1) is 11.6 Å². The van der Waals surface area contributed by atoms with E-state index in [0.29, 0.717) is 17.6 Å². The van der Waals surface area contributed by atoms with Crippen LogP contribution in [0.1, 0.15) is 24.8 Å². The van der Waals surface area contributed by atoms with E-state index in [0.717, 1.165) is 18.5 Å². The third-order valence-corrected chi connectivity index (χ3v) is 3.10. The SMILES string of the molecule is NC(c1nc(-c2cscn2)no1)C1CC1. The van der Waals surface area contributed by atoms with Crippen LogP contribution < -0.4 is 5.73 Å². The van der Waals surface area contributed by atoms with Gasteiger partial charge in [-0.3, -0.25) is 0 Å². The lowest BCUT2D eigenvalue weighted by molar-refractivity contribution is 0.343. The van der Waals surface area contributed by atoms with Crippen molar-refractivity contribution in [3.05, 3.63) is 16.8 Å². The Morgan fingerprint density at radius 2 is 2.40 bits per heavy atom. The highest BCUT2D eigenvalue weighted by Crippen LogP contribution is 2.39. The van der Waals surface area contributed by atoms with Gasteiger partial charge >= 0.3 is 0 Å². The Hall–Kier alpha value is -1.27. The van der Waals surface area contributed by atoms with Gasteiger partial charge in [-0.05, 0) is 18.8 Å². The summed E-state index contributed by atoms with van der Waals surface area (Å²) in [5, 5.41) is 5.75. The Kier molecular flexibility index (Phi) is 2.03. The van der Waals surface area contributed by atoms with Crippen LogP contribution in [0.3, 0.4) is 0 Å². The van der Waals surface area contributed by atoms with Crippen molar-refractivity contribution in [2.45, 2.75) is 18.9 Å². The van der Waals surface area contributed by atoms with Crippen LogP contribution in [0.5, 0.6) is 0 Å². The molecule has 2 heterocycles. The molecule has 1 fully saturated rings. The van der Waals surface area contributed by atoms with E-state index in [2.05, 4.69) is 15.1 Å². The normalized spacial score (nSPS) is 17.9. The van der Waals surface area contributed by atoms with Crippen LogP contribution in [-0.2, 0) is 0 Å². The van der Waals surface area contributed by atoms with Gasteiger partial charge in [0.1, 0.15) is 5.69 Å². The van der Waals surface area contributed by atoms with E-state index in [1.165, 1.54) is 11.3 Å². The topological polar surface area (TPSA) is 77.8 Å². The van der Waals surface area contributed by atoms with Gasteiger partial charge in [0.15, 0.2) is 0 Å².